The van der Waals surface area contributed by atoms with Crippen molar-refractivity contribution >= 4 is 46.4 Å². The number of anilines is 2. The molecule has 0 unspecified atom stereocenters. The van der Waals surface area contributed by atoms with Crippen molar-refractivity contribution in [1.82, 2.24) is 4.98 Å². The zero-order valence-electron chi connectivity index (χ0n) is 14.7. The molecule has 0 aliphatic rings. The van der Waals surface area contributed by atoms with E-state index in [0.717, 1.165) is 0 Å². The number of rotatable bonds is 5. The highest BCUT2D eigenvalue weighted by Crippen LogP contribution is 2.28. The number of benzene rings is 2. The van der Waals surface area contributed by atoms with E-state index in [1.807, 2.05) is 0 Å². The van der Waals surface area contributed by atoms with Crippen LogP contribution in [0.5, 0.6) is 5.75 Å². The first-order chi connectivity index (χ1) is 13.5. The summed E-state index contributed by atoms with van der Waals surface area (Å²) in [5, 5.41) is 6.20. The third-order valence-electron chi connectivity index (χ3n) is 3.83. The summed E-state index contributed by atoms with van der Waals surface area (Å²) in [4.78, 5) is 28.9. The average molecular weight is 416 g/mol. The Morgan fingerprint density at radius 2 is 1.57 bits per heavy atom. The number of hydrogen-bond acceptors (Lipinski definition) is 4. The molecular formula is C20H15Cl2N3O3. The molecule has 0 saturated heterocycles. The largest absolute Gasteiger partial charge is 0.495 e. The molecule has 3 aromatic rings. The maximum absolute atomic E-state index is 12.6. The van der Waals surface area contributed by atoms with Gasteiger partial charge in [0, 0.05) is 29.2 Å². The summed E-state index contributed by atoms with van der Waals surface area (Å²) in [5.41, 5.74) is 1.63. The first kappa shape index (κ1) is 19.7. The monoisotopic (exact) mass is 415 g/mol. The lowest BCUT2D eigenvalue weighted by molar-refractivity contribution is 0.101. The highest BCUT2D eigenvalue weighted by molar-refractivity contribution is 6.42. The van der Waals surface area contributed by atoms with Crippen LogP contribution >= 0.6 is 23.2 Å². The van der Waals surface area contributed by atoms with Crippen LogP contribution in [0, 0.1) is 0 Å². The SMILES string of the molecule is COc1ccc(C(=O)Nc2ccc(Cl)c(Cl)c2)cc1NC(=O)c1ccncc1. The van der Waals surface area contributed by atoms with Gasteiger partial charge in [0.15, 0.2) is 0 Å². The van der Waals surface area contributed by atoms with Crippen LogP contribution < -0.4 is 15.4 Å². The van der Waals surface area contributed by atoms with Crippen LogP contribution in [0.2, 0.25) is 10.0 Å². The number of methoxy groups -OCH3 is 1. The molecule has 2 aromatic carbocycles. The summed E-state index contributed by atoms with van der Waals surface area (Å²) in [5.74, 6) is -0.295. The minimum Gasteiger partial charge on any atom is -0.495 e. The van der Waals surface area contributed by atoms with Crippen molar-refractivity contribution in [2.24, 2.45) is 0 Å². The second-order valence-corrected chi connectivity index (χ2v) is 6.50. The molecule has 2 amide bonds. The van der Waals surface area contributed by atoms with Crippen LogP contribution in [0.3, 0.4) is 0 Å². The van der Waals surface area contributed by atoms with E-state index in [4.69, 9.17) is 27.9 Å². The molecule has 0 aliphatic carbocycles. The number of aromatic nitrogens is 1. The molecule has 0 radical (unpaired) electrons. The van der Waals surface area contributed by atoms with Gasteiger partial charge >= 0.3 is 0 Å². The quantitative estimate of drug-likeness (QED) is 0.620. The Bertz CT molecular complexity index is 1030. The molecule has 28 heavy (non-hydrogen) atoms. The van der Waals surface area contributed by atoms with E-state index < -0.39 is 0 Å². The van der Waals surface area contributed by atoms with Gasteiger partial charge in [0.25, 0.3) is 11.8 Å². The van der Waals surface area contributed by atoms with Crippen molar-refractivity contribution < 1.29 is 14.3 Å². The second-order valence-electron chi connectivity index (χ2n) is 5.69. The topological polar surface area (TPSA) is 80.3 Å². The predicted molar refractivity (Wildman–Crippen MR) is 110 cm³/mol. The van der Waals surface area contributed by atoms with E-state index in [1.54, 1.807) is 42.5 Å². The Balaban J connectivity index is 1.82. The molecule has 8 heteroatoms. The number of halogens is 2. The molecule has 6 nitrogen and oxygen atoms in total. The summed E-state index contributed by atoms with van der Waals surface area (Å²) < 4.78 is 5.27. The Morgan fingerprint density at radius 1 is 0.857 bits per heavy atom. The van der Waals surface area contributed by atoms with Gasteiger partial charge in [0.05, 0.1) is 22.8 Å². The van der Waals surface area contributed by atoms with Crippen molar-refractivity contribution in [3.05, 3.63) is 82.1 Å². The lowest BCUT2D eigenvalue weighted by Gasteiger charge is -2.12. The average Bonchev–Trinajstić information content (AvgIpc) is 2.71. The van der Waals surface area contributed by atoms with Gasteiger partial charge in [-0.25, -0.2) is 0 Å². The normalized spacial score (nSPS) is 10.2. The fourth-order valence-corrected chi connectivity index (χ4v) is 2.72. The minimum absolute atomic E-state index is 0.330. The van der Waals surface area contributed by atoms with E-state index in [9.17, 15) is 9.59 Å². The van der Waals surface area contributed by atoms with Gasteiger partial charge in [-0.15, -0.1) is 0 Å². The maximum atomic E-state index is 12.6. The summed E-state index contributed by atoms with van der Waals surface area (Å²) in [6.07, 6.45) is 3.04. The van der Waals surface area contributed by atoms with Gasteiger partial charge in [-0.1, -0.05) is 23.2 Å². The van der Waals surface area contributed by atoms with Crippen LogP contribution in [-0.2, 0) is 0 Å². The van der Waals surface area contributed by atoms with Gasteiger partial charge < -0.3 is 15.4 Å². The van der Waals surface area contributed by atoms with E-state index in [-0.39, 0.29) is 11.8 Å². The van der Waals surface area contributed by atoms with Crippen LogP contribution in [-0.4, -0.2) is 23.9 Å². The fourth-order valence-electron chi connectivity index (χ4n) is 2.42. The van der Waals surface area contributed by atoms with Crippen LogP contribution in [0.4, 0.5) is 11.4 Å². The summed E-state index contributed by atoms with van der Waals surface area (Å²) in [6.45, 7) is 0. The standard InChI is InChI=1S/C20H15Cl2N3O3/c1-28-18-5-2-13(20(27)24-14-3-4-15(21)16(22)11-14)10-17(18)25-19(26)12-6-8-23-9-7-12/h2-11H,1H3,(H,24,27)(H,25,26). The van der Waals surface area contributed by atoms with E-state index >= 15 is 0 Å². The minimum atomic E-state index is -0.375. The molecule has 0 saturated carbocycles. The molecule has 1 aromatic heterocycles. The van der Waals surface area contributed by atoms with Gasteiger partial charge in [0.2, 0.25) is 0 Å². The van der Waals surface area contributed by atoms with Crippen LogP contribution in [0.15, 0.2) is 60.9 Å². The molecule has 0 atom stereocenters. The zero-order valence-corrected chi connectivity index (χ0v) is 16.2. The number of carbonyl (C=O) groups is 2. The fraction of sp³-hybridized carbons (Fsp3) is 0.0500. The molecule has 142 valence electrons. The van der Waals surface area contributed by atoms with E-state index in [0.29, 0.717) is 38.3 Å². The predicted octanol–water partition coefficient (Wildman–Crippen LogP) is 4.90. The molecule has 2 N–H and O–H groups in total. The molecule has 0 aliphatic heterocycles. The summed E-state index contributed by atoms with van der Waals surface area (Å²) in [6, 6.07) is 12.7. The Labute approximate surface area is 171 Å². The first-order valence-electron chi connectivity index (χ1n) is 8.14. The van der Waals surface area contributed by atoms with Crippen LogP contribution in [0.25, 0.3) is 0 Å². The molecule has 3 rings (SSSR count). The molecule has 0 bridgehead atoms. The number of ether oxygens (including phenoxy) is 1. The third kappa shape index (κ3) is 4.60. The first-order valence-corrected chi connectivity index (χ1v) is 8.89. The Hall–Kier alpha value is -3.09. The smallest absolute Gasteiger partial charge is 0.255 e. The van der Waals surface area contributed by atoms with Crippen LogP contribution in [0.1, 0.15) is 20.7 Å². The van der Waals surface area contributed by atoms with E-state index in [1.165, 1.54) is 25.6 Å². The maximum Gasteiger partial charge on any atom is 0.255 e. The second kappa shape index (κ2) is 8.73. The summed E-state index contributed by atoms with van der Waals surface area (Å²) in [7, 11) is 1.48. The van der Waals surface area contributed by atoms with Crippen molar-refractivity contribution in [2.45, 2.75) is 0 Å². The number of pyridine rings is 1. The van der Waals surface area contributed by atoms with Gasteiger partial charge in [-0.05, 0) is 48.5 Å². The highest BCUT2D eigenvalue weighted by Gasteiger charge is 2.14. The zero-order chi connectivity index (χ0) is 20.1. The number of amides is 2. The molecule has 0 spiro atoms. The van der Waals surface area contributed by atoms with Crippen molar-refractivity contribution in [1.29, 1.82) is 0 Å². The van der Waals surface area contributed by atoms with Crippen molar-refractivity contribution in [2.75, 3.05) is 17.7 Å². The van der Waals surface area contributed by atoms with Gasteiger partial charge in [0.1, 0.15) is 5.75 Å². The Kier molecular flexibility index (Phi) is 6.13. The van der Waals surface area contributed by atoms with Gasteiger partial charge in [-0.2, -0.15) is 0 Å². The lowest BCUT2D eigenvalue weighted by atomic mass is 10.1. The number of nitrogens with zero attached hydrogens (tertiary/aromatic N) is 1. The lowest BCUT2D eigenvalue weighted by Crippen LogP contribution is -2.15. The number of nitrogens with one attached hydrogen (secondary N) is 2. The molecule has 1 heterocycles. The van der Waals surface area contributed by atoms with Crippen molar-refractivity contribution in [3.8, 4) is 5.75 Å². The van der Waals surface area contributed by atoms with Gasteiger partial charge in [-0.3, -0.25) is 14.6 Å². The Morgan fingerprint density at radius 3 is 2.25 bits per heavy atom. The van der Waals surface area contributed by atoms with E-state index in [2.05, 4.69) is 15.6 Å². The number of carbonyl (C=O) groups excluding carboxylic acids is 2. The third-order valence-corrected chi connectivity index (χ3v) is 4.57. The number of hydrogen-bond donors (Lipinski definition) is 2. The molecule has 0 fully saturated rings. The highest BCUT2D eigenvalue weighted by atomic mass is 35.5. The molecular weight excluding hydrogens is 401 g/mol. The summed E-state index contributed by atoms with van der Waals surface area (Å²) >= 11 is 11.9. The van der Waals surface area contributed by atoms with Crippen molar-refractivity contribution in [3.63, 3.8) is 0 Å².